The molecule has 0 radical (unpaired) electrons. The molecule has 5 rings (SSSR count). The number of amides is 1. The van der Waals surface area contributed by atoms with Crippen LogP contribution in [-0.2, 0) is 4.79 Å². The molecule has 1 amide bonds. The molecule has 1 N–H and O–H groups in total. The zero-order chi connectivity index (χ0) is 24.2. The first kappa shape index (κ1) is 22.5. The lowest BCUT2D eigenvalue weighted by atomic mass is 9.97. The van der Waals surface area contributed by atoms with E-state index in [2.05, 4.69) is 20.5 Å². The van der Waals surface area contributed by atoms with Crippen LogP contribution in [0.2, 0.25) is 0 Å². The number of piperidine rings is 1. The molecule has 10 heteroatoms. The molecule has 0 bridgehead atoms. The van der Waals surface area contributed by atoms with Crippen molar-refractivity contribution in [2.45, 2.75) is 25.7 Å². The molecule has 1 saturated heterocycles. The lowest BCUT2D eigenvalue weighted by Gasteiger charge is -2.31. The van der Waals surface area contributed by atoms with E-state index in [9.17, 15) is 4.79 Å². The summed E-state index contributed by atoms with van der Waals surface area (Å²) < 4.78 is 7.20. The third-order valence-electron chi connectivity index (χ3n) is 6.06. The molecular formula is C25H26N8O2. The van der Waals surface area contributed by atoms with Gasteiger partial charge in [-0.3, -0.25) is 14.3 Å². The molecule has 1 aliphatic heterocycles. The number of ether oxygens (including phenoxy) is 1. The fourth-order valence-corrected chi connectivity index (χ4v) is 4.23. The third-order valence-corrected chi connectivity index (χ3v) is 6.06. The quantitative estimate of drug-likeness (QED) is 0.455. The highest BCUT2D eigenvalue weighted by Crippen LogP contribution is 2.30. The van der Waals surface area contributed by atoms with Gasteiger partial charge in [0.2, 0.25) is 5.91 Å². The summed E-state index contributed by atoms with van der Waals surface area (Å²) in [6.45, 7) is 2.99. The molecule has 4 heterocycles. The first-order chi connectivity index (χ1) is 17.1. The van der Waals surface area contributed by atoms with Gasteiger partial charge in [-0.05, 0) is 37.1 Å². The molecule has 10 nitrogen and oxygen atoms in total. The van der Waals surface area contributed by atoms with Crippen LogP contribution < -0.4 is 10.1 Å². The highest BCUT2D eigenvalue weighted by molar-refractivity contribution is 5.73. The van der Waals surface area contributed by atoms with Crippen LogP contribution >= 0.6 is 0 Å². The molecule has 3 aromatic heterocycles. The van der Waals surface area contributed by atoms with Crippen molar-refractivity contribution in [1.29, 1.82) is 0 Å². The number of hydrogen-bond acceptors (Lipinski definition) is 8. The van der Waals surface area contributed by atoms with Crippen LogP contribution in [0, 0.1) is 0 Å². The number of methoxy groups -OCH3 is 1. The Morgan fingerprint density at radius 3 is 2.77 bits per heavy atom. The minimum atomic E-state index is 0.0510. The number of nitrogens with one attached hydrogen (secondary N) is 1. The molecule has 35 heavy (non-hydrogen) atoms. The first-order valence-electron chi connectivity index (χ1n) is 11.4. The van der Waals surface area contributed by atoms with Gasteiger partial charge in [0.25, 0.3) is 0 Å². The summed E-state index contributed by atoms with van der Waals surface area (Å²) in [5.74, 6) is 2.14. The summed E-state index contributed by atoms with van der Waals surface area (Å²) in [5.41, 5.74) is 3.35. The van der Waals surface area contributed by atoms with Gasteiger partial charge in [-0.15, -0.1) is 10.2 Å². The average Bonchev–Trinajstić information content (AvgIpc) is 3.44. The number of nitrogens with zero attached hydrogens (tertiary/aromatic N) is 7. The van der Waals surface area contributed by atoms with Crippen molar-refractivity contribution in [3.05, 3.63) is 67.3 Å². The predicted molar refractivity (Wildman–Crippen MR) is 131 cm³/mol. The second kappa shape index (κ2) is 9.88. The maximum Gasteiger partial charge on any atom is 0.219 e. The number of likely N-dealkylation sites (tertiary alicyclic amines) is 1. The van der Waals surface area contributed by atoms with Crippen LogP contribution in [0.4, 0.5) is 11.5 Å². The molecule has 1 atom stereocenters. The van der Waals surface area contributed by atoms with Crippen LogP contribution in [0.15, 0.2) is 61.4 Å². The largest absolute Gasteiger partial charge is 0.495 e. The summed E-state index contributed by atoms with van der Waals surface area (Å²) in [6.07, 6.45) is 8.56. The number of carbonyl (C=O) groups is 1. The normalized spacial score (nSPS) is 15.6. The Morgan fingerprint density at radius 1 is 1.11 bits per heavy atom. The molecule has 0 saturated carbocycles. The number of pyridine rings is 1. The van der Waals surface area contributed by atoms with E-state index in [1.165, 1.54) is 0 Å². The standard InChI is InChI=1S/C25H26N8O2/c1-17(34)32-8-4-5-18(14-32)25-30-23(19-9-22(35-2)13-26-12-19)11-24(31-25)29-20-6-3-7-21(10-20)33-15-27-28-16-33/h3,6-7,9-13,15-16,18H,4-5,8,14H2,1-2H3,(H,29,30,31). The van der Waals surface area contributed by atoms with Gasteiger partial charge in [0.15, 0.2) is 0 Å². The molecule has 1 unspecified atom stereocenters. The van der Waals surface area contributed by atoms with Gasteiger partial charge in [0.1, 0.15) is 30.0 Å². The van der Waals surface area contributed by atoms with E-state index in [4.69, 9.17) is 14.7 Å². The Kier molecular flexibility index (Phi) is 6.34. The summed E-state index contributed by atoms with van der Waals surface area (Å²) in [6, 6.07) is 11.7. The van der Waals surface area contributed by atoms with Crippen molar-refractivity contribution < 1.29 is 9.53 Å². The molecule has 4 aromatic rings. The van der Waals surface area contributed by atoms with E-state index in [1.54, 1.807) is 39.1 Å². The first-order valence-corrected chi connectivity index (χ1v) is 11.4. The van der Waals surface area contributed by atoms with Crippen LogP contribution in [-0.4, -0.2) is 60.7 Å². The van der Waals surface area contributed by atoms with E-state index < -0.39 is 0 Å². The topological polar surface area (TPSA) is 111 Å². The van der Waals surface area contributed by atoms with Crippen molar-refractivity contribution in [3.8, 4) is 22.7 Å². The Labute approximate surface area is 203 Å². The van der Waals surface area contributed by atoms with E-state index >= 15 is 0 Å². The van der Waals surface area contributed by atoms with Crippen molar-refractivity contribution in [2.24, 2.45) is 0 Å². The van der Waals surface area contributed by atoms with Crippen LogP contribution in [0.5, 0.6) is 5.75 Å². The Balaban J connectivity index is 1.52. The zero-order valence-electron chi connectivity index (χ0n) is 19.6. The monoisotopic (exact) mass is 470 g/mol. The number of rotatable bonds is 6. The number of hydrogen-bond donors (Lipinski definition) is 1. The number of aromatic nitrogens is 6. The molecule has 1 fully saturated rings. The minimum Gasteiger partial charge on any atom is -0.495 e. The average molecular weight is 471 g/mol. The van der Waals surface area contributed by atoms with Crippen LogP contribution in [0.25, 0.3) is 16.9 Å². The highest BCUT2D eigenvalue weighted by Gasteiger charge is 2.26. The minimum absolute atomic E-state index is 0.0510. The Morgan fingerprint density at radius 2 is 1.97 bits per heavy atom. The van der Waals surface area contributed by atoms with Crippen molar-refractivity contribution in [3.63, 3.8) is 0 Å². The van der Waals surface area contributed by atoms with Gasteiger partial charge in [0, 0.05) is 49.4 Å². The maximum atomic E-state index is 12.0. The van der Waals surface area contributed by atoms with Crippen LogP contribution in [0.1, 0.15) is 31.5 Å². The highest BCUT2D eigenvalue weighted by atomic mass is 16.5. The fourth-order valence-electron chi connectivity index (χ4n) is 4.23. The lowest BCUT2D eigenvalue weighted by molar-refractivity contribution is -0.130. The van der Waals surface area contributed by atoms with Gasteiger partial charge in [-0.1, -0.05) is 6.07 Å². The summed E-state index contributed by atoms with van der Waals surface area (Å²) in [7, 11) is 1.61. The summed E-state index contributed by atoms with van der Waals surface area (Å²) >= 11 is 0. The van der Waals surface area contributed by atoms with E-state index in [0.29, 0.717) is 23.9 Å². The molecule has 0 spiro atoms. The summed E-state index contributed by atoms with van der Waals surface area (Å²) in [4.78, 5) is 27.9. The summed E-state index contributed by atoms with van der Waals surface area (Å²) in [5, 5.41) is 11.2. The van der Waals surface area contributed by atoms with E-state index in [0.717, 1.165) is 42.0 Å². The zero-order valence-corrected chi connectivity index (χ0v) is 19.6. The van der Waals surface area contributed by atoms with Gasteiger partial charge in [0.05, 0.1) is 24.7 Å². The lowest BCUT2D eigenvalue weighted by Crippen LogP contribution is -2.38. The third kappa shape index (κ3) is 5.11. The second-order valence-corrected chi connectivity index (χ2v) is 8.46. The van der Waals surface area contributed by atoms with Crippen molar-refractivity contribution in [2.75, 3.05) is 25.5 Å². The number of benzene rings is 1. The fraction of sp³-hybridized carbons (Fsp3) is 0.280. The molecule has 178 valence electrons. The molecular weight excluding hydrogens is 444 g/mol. The Bertz CT molecular complexity index is 1320. The van der Waals surface area contributed by atoms with Crippen molar-refractivity contribution >= 4 is 17.4 Å². The molecule has 0 aliphatic carbocycles. The van der Waals surface area contributed by atoms with E-state index in [1.807, 2.05) is 45.9 Å². The van der Waals surface area contributed by atoms with Gasteiger partial charge >= 0.3 is 0 Å². The van der Waals surface area contributed by atoms with E-state index in [-0.39, 0.29) is 11.8 Å². The smallest absolute Gasteiger partial charge is 0.219 e. The SMILES string of the molecule is COc1cncc(-c2cc(Nc3cccc(-n4cnnc4)c3)nc(C3CCCN(C(C)=O)C3)n2)c1. The second-order valence-electron chi connectivity index (χ2n) is 8.46. The van der Waals surface area contributed by atoms with Gasteiger partial charge in [-0.2, -0.15) is 0 Å². The van der Waals surface area contributed by atoms with Crippen molar-refractivity contribution in [1.82, 2.24) is 34.6 Å². The maximum absolute atomic E-state index is 12.0. The number of anilines is 2. The molecule has 1 aromatic carbocycles. The predicted octanol–water partition coefficient (Wildman–Crippen LogP) is 3.60. The Hall–Kier alpha value is -4.34. The van der Waals surface area contributed by atoms with Gasteiger partial charge < -0.3 is 15.0 Å². The van der Waals surface area contributed by atoms with Crippen LogP contribution in [0.3, 0.4) is 0 Å². The van der Waals surface area contributed by atoms with Gasteiger partial charge in [-0.25, -0.2) is 9.97 Å². The molecule has 1 aliphatic rings. The number of carbonyl (C=O) groups excluding carboxylic acids is 1.